The molecule has 0 radical (unpaired) electrons. The molecule has 0 unspecified atom stereocenters. The van der Waals surface area contributed by atoms with E-state index >= 15 is 0 Å². The molecule has 0 fully saturated rings. The van der Waals surface area contributed by atoms with Crippen molar-refractivity contribution in [3.05, 3.63) is 34.3 Å². The molecule has 2 rings (SSSR count). The summed E-state index contributed by atoms with van der Waals surface area (Å²) in [5, 5.41) is 11.8. The average Bonchev–Trinajstić information content (AvgIpc) is 2.96. The molecule has 0 aliphatic carbocycles. The van der Waals surface area contributed by atoms with Crippen LogP contribution in [0.5, 0.6) is 5.75 Å². The summed E-state index contributed by atoms with van der Waals surface area (Å²) in [6, 6.07) is 5.12. The van der Waals surface area contributed by atoms with Gasteiger partial charge in [-0.05, 0) is 24.6 Å². The van der Waals surface area contributed by atoms with Gasteiger partial charge in [0.15, 0.2) is 0 Å². The number of rotatable bonds is 6. The fourth-order valence-electron chi connectivity index (χ4n) is 2.27. The van der Waals surface area contributed by atoms with Gasteiger partial charge in [0.2, 0.25) is 0 Å². The van der Waals surface area contributed by atoms with E-state index in [4.69, 9.17) is 21.4 Å². The quantitative estimate of drug-likeness (QED) is 0.661. The number of methoxy groups -OCH3 is 1. The smallest absolute Gasteiger partial charge is 0.251 e. The molecule has 1 aliphatic heterocycles. The molecule has 0 atom stereocenters. The highest BCUT2D eigenvalue weighted by atomic mass is 35.5. The molecule has 1 aliphatic rings. The second-order valence-electron chi connectivity index (χ2n) is 7.05. The first-order valence-electron chi connectivity index (χ1n) is 8.65. The van der Waals surface area contributed by atoms with Gasteiger partial charge >= 0.3 is 0 Å². The lowest BCUT2D eigenvalue weighted by atomic mass is 9.99. The number of amides is 1. The van der Waals surface area contributed by atoms with Gasteiger partial charge in [-0.15, -0.1) is 0 Å². The molecule has 7 heteroatoms. The average molecular weight is 396 g/mol. The molecule has 0 saturated heterocycles. The maximum Gasteiger partial charge on any atom is 0.251 e. The molecule has 1 aromatic carbocycles. The van der Waals surface area contributed by atoms with Crippen molar-refractivity contribution in [2.45, 2.75) is 40.5 Å². The first kappa shape index (κ1) is 20.6. The van der Waals surface area contributed by atoms with E-state index in [1.165, 1.54) is 0 Å². The van der Waals surface area contributed by atoms with E-state index in [1.54, 1.807) is 43.1 Å². The number of halogens is 1. The number of hydrazone groups is 1. The molecule has 1 aromatic rings. The summed E-state index contributed by atoms with van der Waals surface area (Å²) in [7, 11) is 1.56. The fraction of sp³-hybridized carbons (Fsp3) is 0.474. The van der Waals surface area contributed by atoms with Crippen LogP contribution in [-0.4, -0.2) is 29.6 Å². The van der Waals surface area contributed by atoms with Crippen molar-refractivity contribution in [1.29, 1.82) is 0 Å². The van der Waals surface area contributed by atoms with Crippen molar-refractivity contribution in [3.8, 4) is 5.75 Å². The molecular formula is C19H26ClN3O2S. The van der Waals surface area contributed by atoms with Crippen LogP contribution >= 0.6 is 23.4 Å². The largest absolute Gasteiger partial charge is 0.495 e. The predicted octanol–water partition coefficient (Wildman–Crippen LogP) is 5.34. The van der Waals surface area contributed by atoms with Crippen molar-refractivity contribution >= 4 is 40.0 Å². The minimum absolute atomic E-state index is 0.0582. The van der Waals surface area contributed by atoms with Crippen molar-refractivity contribution in [1.82, 2.24) is 5.01 Å². The van der Waals surface area contributed by atoms with Crippen LogP contribution in [0.1, 0.15) is 40.5 Å². The predicted molar refractivity (Wildman–Crippen MR) is 111 cm³/mol. The maximum absolute atomic E-state index is 12.5. The third kappa shape index (κ3) is 5.42. The molecule has 0 aromatic heterocycles. The second kappa shape index (κ2) is 8.82. The van der Waals surface area contributed by atoms with Gasteiger partial charge in [-0.25, -0.2) is 0 Å². The number of benzene rings is 1. The number of ether oxygens (including phenoxy) is 1. The number of carbonyl (C=O) groups excluding carboxylic acids is 1. The van der Waals surface area contributed by atoms with Crippen molar-refractivity contribution < 1.29 is 9.53 Å². The van der Waals surface area contributed by atoms with Gasteiger partial charge in [0.05, 0.1) is 12.8 Å². The summed E-state index contributed by atoms with van der Waals surface area (Å²) in [4.78, 5) is 12.5. The lowest BCUT2D eigenvalue weighted by molar-refractivity contribution is -0.112. The van der Waals surface area contributed by atoms with Gasteiger partial charge in [-0.1, -0.05) is 57.5 Å². The standard InChI is InChI=1S/C19H26ClN3O2S/c1-6-7-10-23-17(26-18(22-23)19(2,3)4)12-16(24)21-14-11-13(20)8-9-15(14)25-5/h8-9,11-12H,6-7,10H2,1-5H3,(H,21,24). The SMILES string of the molecule is CCCCN1N=C(C(C)(C)C)SC1=CC(=O)Nc1cc(Cl)ccc1OC. The van der Waals surface area contributed by atoms with Crippen LogP contribution < -0.4 is 10.1 Å². The lowest BCUT2D eigenvalue weighted by Gasteiger charge is -2.15. The summed E-state index contributed by atoms with van der Waals surface area (Å²) in [6.07, 6.45) is 3.67. The number of carbonyl (C=O) groups is 1. The zero-order valence-corrected chi connectivity index (χ0v) is 17.5. The monoisotopic (exact) mass is 395 g/mol. The van der Waals surface area contributed by atoms with Gasteiger partial charge in [-0.3, -0.25) is 9.80 Å². The molecule has 26 heavy (non-hydrogen) atoms. The van der Waals surface area contributed by atoms with E-state index in [2.05, 4.69) is 33.0 Å². The van der Waals surface area contributed by atoms with Gasteiger partial charge in [0, 0.05) is 23.1 Å². The Balaban J connectivity index is 2.18. The first-order chi connectivity index (χ1) is 12.2. The molecule has 1 amide bonds. The maximum atomic E-state index is 12.5. The minimum atomic E-state index is -0.236. The van der Waals surface area contributed by atoms with Crippen LogP contribution in [0.4, 0.5) is 5.69 Å². The molecule has 5 nitrogen and oxygen atoms in total. The zero-order chi connectivity index (χ0) is 19.3. The molecule has 1 N–H and O–H groups in total. The molecule has 142 valence electrons. The minimum Gasteiger partial charge on any atom is -0.495 e. The van der Waals surface area contributed by atoms with E-state index in [0.29, 0.717) is 16.5 Å². The Morgan fingerprint density at radius 3 is 2.77 bits per heavy atom. The lowest BCUT2D eigenvalue weighted by Crippen LogP contribution is -2.17. The molecule has 0 saturated carbocycles. The number of unbranched alkanes of at least 4 members (excludes halogenated alkanes) is 1. The van der Waals surface area contributed by atoms with Crippen LogP contribution in [0.3, 0.4) is 0 Å². The number of nitrogens with zero attached hydrogens (tertiary/aromatic N) is 2. The summed E-state index contributed by atoms with van der Waals surface area (Å²) < 4.78 is 5.27. The highest BCUT2D eigenvalue weighted by Gasteiger charge is 2.30. The van der Waals surface area contributed by atoms with Crippen LogP contribution in [-0.2, 0) is 4.79 Å². The molecular weight excluding hydrogens is 370 g/mol. The van der Waals surface area contributed by atoms with E-state index < -0.39 is 0 Å². The Morgan fingerprint density at radius 1 is 1.42 bits per heavy atom. The fourth-order valence-corrected chi connectivity index (χ4v) is 3.48. The van der Waals surface area contributed by atoms with Gasteiger partial charge in [-0.2, -0.15) is 5.10 Å². The number of hydrogen-bond donors (Lipinski definition) is 1. The Kier molecular flexibility index (Phi) is 7.01. The topological polar surface area (TPSA) is 53.9 Å². The summed E-state index contributed by atoms with van der Waals surface area (Å²) in [5.41, 5.74) is 0.485. The van der Waals surface area contributed by atoms with E-state index in [1.807, 2.05) is 5.01 Å². The van der Waals surface area contributed by atoms with Crippen LogP contribution in [0.25, 0.3) is 0 Å². The van der Waals surface area contributed by atoms with Crippen molar-refractivity contribution in [3.63, 3.8) is 0 Å². The third-order valence-corrected chi connectivity index (χ3v) is 5.37. The zero-order valence-electron chi connectivity index (χ0n) is 15.9. The summed E-state index contributed by atoms with van der Waals surface area (Å²) in [5.74, 6) is 0.328. The van der Waals surface area contributed by atoms with Gasteiger partial charge < -0.3 is 10.1 Å². The van der Waals surface area contributed by atoms with E-state index in [0.717, 1.165) is 29.5 Å². The van der Waals surface area contributed by atoms with E-state index in [-0.39, 0.29) is 11.3 Å². The number of hydrogen-bond acceptors (Lipinski definition) is 5. The highest BCUT2D eigenvalue weighted by molar-refractivity contribution is 8.17. The first-order valence-corrected chi connectivity index (χ1v) is 9.84. The van der Waals surface area contributed by atoms with Crippen LogP contribution in [0, 0.1) is 5.41 Å². The van der Waals surface area contributed by atoms with Crippen molar-refractivity contribution in [2.75, 3.05) is 19.0 Å². The number of thioether (sulfide) groups is 1. The Bertz CT molecular complexity index is 726. The van der Waals surface area contributed by atoms with E-state index in [9.17, 15) is 4.79 Å². The molecule has 0 bridgehead atoms. The van der Waals surface area contributed by atoms with Crippen LogP contribution in [0.2, 0.25) is 5.02 Å². The summed E-state index contributed by atoms with van der Waals surface area (Å²) in [6.45, 7) is 9.30. The van der Waals surface area contributed by atoms with Gasteiger partial charge in [0.1, 0.15) is 15.8 Å². The van der Waals surface area contributed by atoms with Gasteiger partial charge in [0.25, 0.3) is 5.91 Å². The second-order valence-corrected chi connectivity index (χ2v) is 8.50. The Morgan fingerprint density at radius 2 is 2.15 bits per heavy atom. The Labute approximate surface area is 164 Å². The molecule has 0 spiro atoms. The summed E-state index contributed by atoms with van der Waals surface area (Å²) >= 11 is 7.57. The third-order valence-electron chi connectivity index (χ3n) is 3.71. The number of nitrogens with one attached hydrogen (secondary N) is 1. The Hall–Kier alpha value is -1.66. The number of anilines is 1. The van der Waals surface area contributed by atoms with Crippen molar-refractivity contribution in [2.24, 2.45) is 10.5 Å². The highest BCUT2D eigenvalue weighted by Crippen LogP contribution is 2.38. The molecule has 1 heterocycles. The van der Waals surface area contributed by atoms with Crippen LogP contribution in [0.15, 0.2) is 34.4 Å². The normalized spacial score (nSPS) is 16.0.